The lowest BCUT2D eigenvalue weighted by molar-refractivity contribution is -0.186. The molecule has 2 rings (SSSR count). The van der Waals surface area contributed by atoms with Gasteiger partial charge in [-0.15, -0.1) is 0 Å². The third kappa shape index (κ3) is 3.38. The lowest BCUT2D eigenvalue weighted by Crippen LogP contribution is -2.33. The molecule has 3 unspecified atom stereocenters. The van der Waals surface area contributed by atoms with Crippen LogP contribution in [0.2, 0.25) is 0 Å². The van der Waals surface area contributed by atoms with Gasteiger partial charge in [0.2, 0.25) is 0 Å². The Labute approximate surface area is 116 Å². The summed E-state index contributed by atoms with van der Waals surface area (Å²) in [6.07, 6.45) is 0.148. The summed E-state index contributed by atoms with van der Waals surface area (Å²) in [6.45, 7) is 1.76. The van der Waals surface area contributed by atoms with Gasteiger partial charge in [-0.3, -0.25) is 9.78 Å². The number of alkyl halides is 3. The van der Waals surface area contributed by atoms with Crippen molar-refractivity contribution in [3.8, 4) is 0 Å². The highest BCUT2D eigenvalue weighted by atomic mass is 19.4. The molecule has 0 amide bonds. The first-order valence-corrected chi connectivity index (χ1v) is 6.90. The highest BCUT2D eigenvalue weighted by Gasteiger charge is 2.44. The monoisotopic (exact) mass is 285 g/mol. The molecule has 1 aliphatic rings. The van der Waals surface area contributed by atoms with E-state index in [-0.39, 0.29) is 24.5 Å². The van der Waals surface area contributed by atoms with Crippen molar-refractivity contribution in [3.05, 3.63) is 30.1 Å². The first kappa shape index (κ1) is 15.0. The molecule has 3 atom stereocenters. The molecule has 1 aliphatic carbocycles. The predicted molar refractivity (Wildman–Crippen MR) is 69.2 cm³/mol. The molecule has 0 radical (unpaired) electrons. The second-order valence-electron chi connectivity index (χ2n) is 5.51. The Hall–Kier alpha value is -1.39. The van der Waals surface area contributed by atoms with Gasteiger partial charge in [-0.2, -0.15) is 13.2 Å². The van der Waals surface area contributed by atoms with Crippen molar-refractivity contribution in [2.75, 3.05) is 0 Å². The van der Waals surface area contributed by atoms with Gasteiger partial charge in [0.15, 0.2) is 0 Å². The molecule has 0 spiro atoms. The summed E-state index contributed by atoms with van der Waals surface area (Å²) < 4.78 is 38.3. The summed E-state index contributed by atoms with van der Waals surface area (Å²) >= 11 is 0. The third-order valence-corrected chi connectivity index (χ3v) is 4.17. The lowest BCUT2D eigenvalue weighted by Gasteiger charge is -2.31. The highest BCUT2D eigenvalue weighted by Crippen LogP contribution is 2.41. The summed E-state index contributed by atoms with van der Waals surface area (Å²) in [5.74, 6) is -2.24. The molecule has 1 heterocycles. The molecule has 2 nitrogen and oxygen atoms in total. The number of rotatable bonds is 3. The normalized spacial score (nSPS) is 25.2. The SMILES string of the molecule is CC(C(=O)C1CCCC(C(F)(F)F)C1)c1ccncc1. The molecule has 0 aliphatic heterocycles. The number of ketones is 1. The van der Waals surface area contributed by atoms with E-state index in [1.165, 1.54) is 0 Å². The molecule has 1 aromatic rings. The molecule has 0 saturated heterocycles. The fraction of sp³-hybridized carbons (Fsp3) is 0.600. The number of pyridine rings is 1. The molecule has 110 valence electrons. The zero-order chi connectivity index (χ0) is 14.8. The van der Waals surface area contributed by atoms with Crippen LogP contribution in [-0.4, -0.2) is 16.9 Å². The van der Waals surface area contributed by atoms with E-state index in [0.717, 1.165) is 5.56 Å². The summed E-state index contributed by atoms with van der Waals surface area (Å²) in [5, 5.41) is 0. The first-order valence-electron chi connectivity index (χ1n) is 6.90. The fourth-order valence-corrected chi connectivity index (χ4v) is 2.92. The van der Waals surface area contributed by atoms with Crippen LogP contribution >= 0.6 is 0 Å². The number of carbonyl (C=O) groups excluding carboxylic acids is 1. The van der Waals surface area contributed by atoms with Crippen LogP contribution in [0.1, 0.15) is 44.1 Å². The number of aromatic nitrogens is 1. The molecule has 1 fully saturated rings. The van der Waals surface area contributed by atoms with Gasteiger partial charge in [-0.25, -0.2) is 0 Å². The predicted octanol–water partition coefficient (Wildman–Crippen LogP) is 4.12. The molecular weight excluding hydrogens is 267 g/mol. The molecule has 20 heavy (non-hydrogen) atoms. The molecule has 5 heteroatoms. The smallest absolute Gasteiger partial charge is 0.299 e. The number of hydrogen-bond donors (Lipinski definition) is 0. The van der Waals surface area contributed by atoms with E-state index >= 15 is 0 Å². The molecule has 0 N–H and O–H groups in total. The minimum atomic E-state index is -4.18. The molecule has 1 aromatic heterocycles. The van der Waals surface area contributed by atoms with Gasteiger partial charge in [-0.05, 0) is 37.0 Å². The first-order chi connectivity index (χ1) is 9.39. The summed E-state index contributed by atoms with van der Waals surface area (Å²) in [4.78, 5) is 16.3. The Kier molecular flexibility index (Phi) is 4.45. The number of carbonyl (C=O) groups is 1. The topological polar surface area (TPSA) is 30.0 Å². The molecule has 0 bridgehead atoms. The van der Waals surface area contributed by atoms with Gasteiger partial charge in [0.1, 0.15) is 5.78 Å². The molecular formula is C15H18F3NO. The van der Waals surface area contributed by atoms with Gasteiger partial charge in [0.25, 0.3) is 0 Å². The second-order valence-corrected chi connectivity index (χ2v) is 5.51. The molecule has 1 saturated carbocycles. The Morgan fingerprint density at radius 1 is 1.30 bits per heavy atom. The van der Waals surface area contributed by atoms with Crippen molar-refractivity contribution in [3.63, 3.8) is 0 Å². The number of hydrogen-bond acceptors (Lipinski definition) is 2. The summed E-state index contributed by atoms with van der Waals surface area (Å²) in [7, 11) is 0. The van der Waals surface area contributed by atoms with Crippen LogP contribution in [0.3, 0.4) is 0 Å². The van der Waals surface area contributed by atoms with Gasteiger partial charge in [0, 0.05) is 24.2 Å². The zero-order valence-corrected chi connectivity index (χ0v) is 11.4. The van der Waals surface area contributed by atoms with E-state index in [4.69, 9.17) is 0 Å². The van der Waals surface area contributed by atoms with Crippen LogP contribution in [-0.2, 0) is 4.79 Å². The van der Waals surface area contributed by atoms with Gasteiger partial charge < -0.3 is 0 Å². The minimum Gasteiger partial charge on any atom is -0.299 e. The Balaban J connectivity index is 2.05. The molecule has 0 aromatic carbocycles. The van der Waals surface area contributed by atoms with Crippen molar-refractivity contribution in [2.24, 2.45) is 11.8 Å². The summed E-state index contributed by atoms with van der Waals surface area (Å²) in [6, 6.07) is 3.49. The maximum atomic E-state index is 12.8. The van der Waals surface area contributed by atoms with E-state index in [1.54, 1.807) is 31.5 Å². The van der Waals surface area contributed by atoms with Crippen LogP contribution in [0.4, 0.5) is 13.2 Å². The second kappa shape index (κ2) is 5.94. The van der Waals surface area contributed by atoms with E-state index in [0.29, 0.717) is 12.8 Å². The van der Waals surface area contributed by atoms with Gasteiger partial charge in [-0.1, -0.05) is 13.3 Å². The number of Topliss-reactive ketones (excluding diaryl/α,β-unsaturated/α-hetero) is 1. The van der Waals surface area contributed by atoms with Gasteiger partial charge in [0.05, 0.1) is 5.92 Å². The van der Waals surface area contributed by atoms with Crippen LogP contribution in [0.15, 0.2) is 24.5 Å². The van der Waals surface area contributed by atoms with Crippen molar-refractivity contribution < 1.29 is 18.0 Å². The van der Waals surface area contributed by atoms with Gasteiger partial charge >= 0.3 is 6.18 Å². The zero-order valence-electron chi connectivity index (χ0n) is 11.4. The average molecular weight is 285 g/mol. The van der Waals surface area contributed by atoms with Crippen LogP contribution < -0.4 is 0 Å². The summed E-state index contributed by atoms with van der Waals surface area (Å²) in [5.41, 5.74) is 0.819. The quantitative estimate of drug-likeness (QED) is 0.836. The van der Waals surface area contributed by atoms with Crippen LogP contribution in [0.5, 0.6) is 0 Å². The number of halogens is 3. The Morgan fingerprint density at radius 3 is 2.55 bits per heavy atom. The fourth-order valence-electron chi connectivity index (χ4n) is 2.92. The van der Waals surface area contributed by atoms with E-state index in [9.17, 15) is 18.0 Å². The minimum absolute atomic E-state index is 0.0578. The standard InChI is InChI=1S/C15H18F3NO/c1-10(11-5-7-19-8-6-11)14(20)12-3-2-4-13(9-12)15(16,17)18/h5-8,10,12-13H,2-4,9H2,1H3. The van der Waals surface area contributed by atoms with Crippen molar-refractivity contribution >= 4 is 5.78 Å². The largest absolute Gasteiger partial charge is 0.391 e. The van der Waals surface area contributed by atoms with Crippen molar-refractivity contribution in [1.29, 1.82) is 0 Å². The van der Waals surface area contributed by atoms with E-state index < -0.39 is 18.0 Å². The van der Waals surface area contributed by atoms with Crippen LogP contribution in [0.25, 0.3) is 0 Å². The maximum absolute atomic E-state index is 12.8. The Morgan fingerprint density at radius 2 is 1.95 bits per heavy atom. The van der Waals surface area contributed by atoms with Crippen molar-refractivity contribution in [2.45, 2.75) is 44.7 Å². The third-order valence-electron chi connectivity index (χ3n) is 4.17. The van der Waals surface area contributed by atoms with Crippen LogP contribution in [0, 0.1) is 11.8 Å². The van der Waals surface area contributed by atoms with Crippen molar-refractivity contribution in [1.82, 2.24) is 4.98 Å². The lowest BCUT2D eigenvalue weighted by atomic mass is 9.75. The van der Waals surface area contributed by atoms with E-state index in [1.807, 2.05) is 0 Å². The Bertz CT molecular complexity index is 458. The highest BCUT2D eigenvalue weighted by molar-refractivity contribution is 5.87. The van der Waals surface area contributed by atoms with E-state index in [2.05, 4.69) is 4.98 Å². The average Bonchev–Trinajstić information content (AvgIpc) is 2.46. The number of nitrogens with zero attached hydrogens (tertiary/aromatic N) is 1. The maximum Gasteiger partial charge on any atom is 0.391 e.